The van der Waals surface area contributed by atoms with Gasteiger partial charge in [0.1, 0.15) is 0 Å². The van der Waals surface area contributed by atoms with Crippen molar-refractivity contribution >= 4 is 17.3 Å². The van der Waals surface area contributed by atoms with Gasteiger partial charge in [0.2, 0.25) is 5.91 Å². The largest absolute Gasteiger partial charge is 0.392 e. The molecule has 2 nitrogen and oxygen atoms in total. The molecule has 0 spiro atoms. The number of benzene rings is 2. The molecule has 5 heteroatoms. The lowest BCUT2D eigenvalue weighted by Crippen LogP contribution is -2.46. The highest BCUT2D eigenvalue weighted by atomic mass is 19.4. The lowest BCUT2D eigenvalue weighted by molar-refractivity contribution is -0.188. The molecule has 1 aliphatic rings. The smallest absolute Gasteiger partial charge is 0.280 e. The highest BCUT2D eigenvalue weighted by Crippen LogP contribution is 2.52. The SMILES string of the molecule is CC(C(F)(F)F)C1(C)C(=O)N(c2ccccc2)c2ccccc21. The number of hydrogen-bond acceptors (Lipinski definition) is 1. The Morgan fingerprint density at radius 2 is 1.57 bits per heavy atom. The van der Waals surface area contributed by atoms with E-state index < -0.39 is 23.4 Å². The number of carbonyl (C=O) groups excluding carboxylic acids is 1. The van der Waals surface area contributed by atoms with Gasteiger partial charge in [0.25, 0.3) is 0 Å². The zero-order valence-electron chi connectivity index (χ0n) is 12.8. The second kappa shape index (κ2) is 5.11. The summed E-state index contributed by atoms with van der Waals surface area (Å²) in [4.78, 5) is 14.4. The quantitative estimate of drug-likeness (QED) is 0.777. The van der Waals surface area contributed by atoms with E-state index in [1.165, 1.54) is 11.8 Å². The molecule has 0 aliphatic carbocycles. The summed E-state index contributed by atoms with van der Waals surface area (Å²) in [5.74, 6) is -2.33. The molecule has 1 heterocycles. The zero-order valence-corrected chi connectivity index (χ0v) is 12.8. The average molecular weight is 319 g/mol. The third kappa shape index (κ3) is 2.22. The number of carbonyl (C=O) groups is 1. The van der Waals surface area contributed by atoms with Crippen LogP contribution < -0.4 is 4.90 Å². The van der Waals surface area contributed by atoms with Crippen molar-refractivity contribution in [1.82, 2.24) is 0 Å². The third-order valence-corrected chi connectivity index (χ3v) is 4.72. The molecule has 120 valence electrons. The number of fused-ring (bicyclic) bond motifs is 1. The van der Waals surface area contributed by atoms with Crippen molar-refractivity contribution in [3.8, 4) is 0 Å². The van der Waals surface area contributed by atoms with Crippen molar-refractivity contribution in [3.05, 3.63) is 60.2 Å². The second-order valence-electron chi connectivity index (χ2n) is 5.96. The van der Waals surface area contributed by atoms with E-state index in [4.69, 9.17) is 0 Å². The standard InChI is InChI=1S/C18H16F3NO/c1-12(18(19,20)21)17(2)14-10-6-7-11-15(14)22(16(17)23)13-8-4-3-5-9-13/h3-12H,1-2H3. The molecule has 2 aromatic rings. The van der Waals surface area contributed by atoms with Crippen LogP contribution in [0.3, 0.4) is 0 Å². The molecule has 0 aromatic heterocycles. The number of halogens is 3. The first-order valence-electron chi connectivity index (χ1n) is 7.33. The van der Waals surface area contributed by atoms with E-state index in [-0.39, 0.29) is 0 Å². The monoisotopic (exact) mass is 319 g/mol. The molecule has 2 aromatic carbocycles. The Labute approximate surface area is 132 Å². The molecule has 0 radical (unpaired) electrons. The highest BCUT2D eigenvalue weighted by molar-refractivity contribution is 6.12. The average Bonchev–Trinajstić information content (AvgIpc) is 2.76. The molecule has 0 fully saturated rings. The molecular weight excluding hydrogens is 303 g/mol. The molecule has 1 amide bonds. The van der Waals surface area contributed by atoms with Gasteiger partial charge in [0.05, 0.1) is 17.0 Å². The number of nitrogens with zero attached hydrogens (tertiary/aromatic N) is 1. The van der Waals surface area contributed by atoms with E-state index >= 15 is 0 Å². The van der Waals surface area contributed by atoms with Crippen LogP contribution in [0.1, 0.15) is 19.4 Å². The Kier molecular flexibility index (Phi) is 3.47. The fourth-order valence-electron chi connectivity index (χ4n) is 3.14. The van der Waals surface area contributed by atoms with E-state index in [1.807, 2.05) is 0 Å². The molecule has 0 saturated carbocycles. The van der Waals surface area contributed by atoms with E-state index in [1.54, 1.807) is 54.6 Å². The lowest BCUT2D eigenvalue weighted by Gasteiger charge is -2.32. The summed E-state index contributed by atoms with van der Waals surface area (Å²) < 4.78 is 40.1. The second-order valence-corrected chi connectivity index (χ2v) is 5.96. The summed E-state index contributed by atoms with van der Waals surface area (Å²) >= 11 is 0. The molecule has 1 aliphatic heterocycles. The maximum atomic E-state index is 13.4. The van der Waals surface area contributed by atoms with Gasteiger partial charge in [-0.15, -0.1) is 0 Å². The van der Waals surface area contributed by atoms with Gasteiger partial charge in [0.15, 0.2) is 0 Å². The maximum Gasteiger partial charge on any atom is 0.392 e. The molecule has 0 N–H and O–H groups in total. The number of rotatable bonds is 2. The van der Waals surface area contributed by atoms with Gasteiger partial charge in [-0.1, -0.05) is 43.3 Å². The predicted octanol–water partition coefficient (Wildman–Crippen LogP) is 4.82. The van der Waals surface area contributed by atoms with Gasteiger partial charge in [-0.3, -0.25) is 9.69 Å². The minimum Gasteiger partial charge on any atom is -0.280 e. The Morgan fingerprint density at radius 3 is 2.17 bits per heavy atom. The molecule has 23 heavy (non-hydrogen) atoms. The maximum absolute atomic E-state index is 13.4. The topological polar surface area (TPSA) is 20.3 Å². The van der Waals surface area contributed by atoms with Crippen LogP contribution in [0.2, 0.25) is 0 Å². The van der Waals surface area contributed by atoms with Crippen molar-refractivity contribution in [2.24, 2.45) is 5.92 Å². The van der Waals surface area contributed by atoms with E-state index in [0.717, 1.165) is 6.92 Å². The number of amides is 1. The van der Waals surface area contributed by atoms with Crippen LogP contribution in [0.4, 0.5) is 24.5 Å². The number of anilines is 2. The molecule has 2 unspecified atom stereocenters. The molecule has 0 saturated heterocycles. The van der Waals surface area contributed by atoms with Crippen molar-refractivity contribution in [1.29, 1.82) is 0 Å². The molecule has 2 atom stereocenters. The Morgan fingerprint density at radius 1 is 1.00 bits per heavy atom. The summed E-state index contributed by atoms with van der Waals surface area (Å²) in [6.45, 7) is 2.46. The summed E-state index contributed by atoms with van der Waals surface area (Å²) in [6.07, 6.45) is -4.45. The van der Waals surface area contributed by atoms with Crippen LogP contribution in [-0.2, 0) is 10.2 Å². The van der Waals surface area contributed by atoms with Crippen LogP contribution in [0.25, 0.3) is 0 Å². The Bertz CT molecular complexity index is 741. The fraction of sp³-hybridized carbons (Fsp3) is 0.278. The predicted molar refractivity (Wildman–Crippen MR) is 82.6 cm³/mol. The Hall–Kier alpha value is -2.30. The van der Waals surface area contributed by atoms with Gasteiger partial charge in [-0.2, -0.15) is 13.2 Å². The van der Waals surface area contributed by atoms with Gasteiger partial charge in [0, 0.05) is 5.69 Å². The van der Waals surface area contributed by atoms with Crippen LogP contribution in [-0.4, -0.2) is 12.1 Å². The van der Waals surface area contributed by atoms with Crippen molar-refractivity contribution in [2.45, 2.75) is 25.4 Å². The lowest BCUT2D eigenvalue weighted by atomic mass is 9.73. The van der Waals surface area contributed by atoms with Crippen molar-refractivity contribution < 1.29 is 18.0 Å². The fourth-order valence-corrected chi connectivity index (χ4v) is 3.14. The first kappa shape index (κ1) is 15.6. The minimum atomic E-state index is -4.45. The molecule has 3 rings (SSSR count). The summed E-state index contributed by atoms with van der Waals surface area (Å²) in [5.41, 5.74) is -0.131. The minimum absolute atomic E-state index is 0.415. The highest BCUT2D eigenvalue weighted by Gasteiger charge is 2.58. The van der Waals surface area contributed by atoms with E-state index in [0.29, 0.717) is 16.9 Å². The van der Waals surface area contributed by atoms with Crippen LogP contribution >= 0.6 is 0 Å². The van der Waals surface area contributed by atoms with Crippen molar-refractivity contribution in [2.75, 3.05) is 4.90 Å². The Balaban J connectivity index is 2.20. The molecule has 0 bridgehead atoms. The van der Waals surface area contributed by atoms with Crippen LogP contribution in [0.15, 0.2) is 54.6 Å². The summed E-state index contributed by atoms with van der Waals surface area (Å²) in [7, 11) is 0. The molecular formula is C18H16F3NO. The number of hydrogen-bond donors (Lipinski definition) is 0. The summed E-state index contributed by atoms with van der Waals surface area (Å²) in [6, 6.07) is 15.5. The van der Waals surface area contributed by atoms with Gasteiger partial charge in [-0.05, 0) is 30.7 Å². The van der Waals surface area contributed by atoms with Crippen LogP contribution in [0, 0.1) is 5.92 Å². The third-order valence-electron chi connectivity index (χ3n) is 4.72. The number of para-hydroxylation sites is 2. The van der Waals surface area contributed by atoms with E-state index in [9.17, 15) is 18.0 Å². The first-order valence-corrected chi connectivity index (χ1v) is 7.33. The first-order chi connectivity index (χ1) is 10.8. The normalized spacial score (nSPS) is 22.1. The van der Waals surface area contributed by atoms with Crippen LogP contribution in [0.5, 0.6) is 0 Å². The van der Waals surface area contributed by atoms with Crippen molar-refractivity contribution in [3.63, 3.8) is 0 Å². The van der Waals surface area contributed by atoms with Gasteiger partial charge >= 0.3 is 6.18 Å². The zero-order chi connectivity index (χ0) is 16.8. The van der Waals surface area contributed by atoms with Gasteiger partial charge in [-0.25, -0.2) is 0 Å². The summed E-state index contributed by atoms with van der Waals surface area (Å²) in [5, 5.41) is 0. The van der Waals surface area contributed by atoms with Gasteiger partial charge < -0.3 is 0 Å². The number of alkyl halides is 3. The van der Waals surface area contributed by atoms with E-state index in [2.05, 4.69) is 0 Å².